The molecule has 1 heterocycles. The Hall–Kier alpha value is -2.47. The quantitative estimate of drug-likeness (QED) is 0.215. The molecule has 206 valence electrons. The largest absolute Gasteiger partial charge is 0.464 e. The monoisotopic (exact) mass is 535 g/mol. The van der Waals surface area contributed by atoms with E-state index in [0.717, 1.165) is 19.3 Å². The van der Waals surface area contributed by atoms with Crippen LogP contribution < -0.4 is 5.32 Å². The van der Waals surface area contributed by atoms with Crippen molar-refractivity contribution in [3.63, 3.8) is 0 Å². The third-order valence-corrected chi connectivity index (χ3v) is 7.25. The second-order valence-corrected chi connectivity index (χ2v) is 12.8. The summed E-state index contributed by atoms with van der Waals surface area (Å²) >= 11 is 7.54. The Balaban J connectivity index is 3.07. The molecule has 2 aliphatic rings. The summed E-state index contributed by atoms with van der Waals surface area (Å²) in [6.45, 7) is 15.9. The van der Waals surface area contributed by atoms with Gasteiger partial charge in [-0.15, -0.1) is 5.01 Å². The van der Waals surface area contributed by atoms with E-state index in [4.69, 9.17) is 11.6 Å². The number of hydrogen-bond donors (Lipinski definition) is 4. The summed E-state index contributed by atoms with van der Waals surface area (Å²) in [6.07, 6.45) is -5.76. The molecule has 13 heteroatoms. The van der Waals surface area contributed by atoms with Crippen molar-refractivity contribution in [3.05, 3.63) is 11.6 Å². The molecule has 0 aromatic carbocycles. The van der Waals surface area contributed by atoms with E-state index >= 15 is 4.39 Å². The summed E-state index contributed by atoms with van der Waals surface area (Å²) < 4.78 is 16.8. The van der Waals surface area contributed by atoms with Crippen molar-refractivity contribution < 1.29 is 34.1 Å². The molecule has 4 N–H and O–H groups in total. The van der Waals surface area contributed by atoms with Gasteiger partial charge in [-0.25, -0.2) is 23.7 Å². The molecule has 3 amide bonds. The number of amides is 3. The molecule has 0 saturated heterocycles. The number of alkyl halides is 1. The molecule has 2 unspecified atom stereocenters. The Kier molecular flexibility index (Phi) is 7.80. The van der Waals surface area contributed by atoms with Crippen LogP contribution in [0.5, 0.6) is 0 Å². The minimum atomic E-state index is -2.10. The minimum absolute atomic E-state index is 0.0312. The highest BCUT2D eigenvalue weighted by atomic mass is 35.5. The van der Waals surface area contributed by atoms with Gasteiger partial charge in [0.2, 0.25) is 0 Å². The van der Waals surface area contributed by atoms with Crippen LogP contribution in [0.1, 0.15) is 81.6 Å². The average Bonchev–Trinajstić information content (AvgIpc) is 2.60. The van der Waals surface area contributed by atoms with Crippen molar-refractivity contribution >= 4 is 29.9 Å². The molecule has 2 atom stereocenters. The van der Waals surface area contributed by atoms with Crippen LogP contribution in [0.25, 0.3) is 0 Å². The minimum Gasteiger partial charge on any atom is -0.464 e. The van der Waals surface area contributed by atoms with Crippen LogP contribution in [0.15, 0.2) is 11.6 Å². The Labute approximate surface area is 216 Å². The molecule has 0 spiro atoms. The standard InChI is InChI=1S/C23H39ClFN5O6/c1-20(2,3)23(24)29(21(4,5)6)15(26-13-11-10-12-13)14(25)16(30(23)22(7,8)9)27(17(31)32)28(18(33)34)19(35)36/h13,16,26H,10-12H2,1-9H3,(H,31,32)(H,33,34)(H,35,36). The fourth-order valence-electron chi connectivity index (χ4n) is 4.71. The summed E-state index contributed by atoms with van der Waals surface area (Å²) in [5.41, 5.74) is -2.79. The van der Waals surface area contributed by atoms with Gasteiger partial charge in [0.25, 0.3) is 0 Å². The van der Waals surface area contributed by atoms with Crippen LogP contribution in [0.3, 0.4) is 0 Å². The lowest BCUT2D eigenvalue weighted by atomic mass is 9.82. The molecular weight excluding hydrogens is 497 g/mol. The van der Waals surface area contributed by atoms with Gasteiger partial charge in [-0.3, -0.25) is 0 Å². The summed E-state index contributed by atoms with van der Waals surface area (Å²) in [6, 6.07) is -0.105. The smallest absolute Gasteiger partial charge is 0.436 e. The molecule has 0 radical (unpaired) electrons. The van der Waals surface area contributed by atoms with E-state index in [-0.39, 0.29) is 16.9 Å². The van der Waals surface area contributed by atoms with Crippen molar-refractivity contribution in [2.45, 2.75) is 110 Å². The molecule has 0 bridgehead atoms. The van der Waals surface area contributed by atoms with Crippen LogP contribution in [0.2, 0.25) is 0 Å². The summed E-state index contributed by atoms with van der Waals surface area (Å²) in [4.78, 5) is 39.3. The molecule has 1 aliphatic heterocycles. The summed E-state index contributed by atoms with van der Waals surface area (Å²) in [5.74, 6) is -1.15. The van der Waals surface area contributed by atoms with Crippen LogP contribution in [0.4, 0.5) is 18.8 Å². The highest BCUT2D eigenvalue weighted by Crippen LogP contribution is 2.55. The van der Waals surface area contributed by atoms with Gasteiger partial charge < -0.3 is 25.5 Å². The number of hydrazine groups is 1. The Morgan fingerprint density at radius 1 is 0.944 bits per heavy atom. The van der Waals surface area contributed by atoms with Gasteiger partial charge in [0.05, 0.1) is 0 Å². The molecule has 1 saturated carbocycles. The lowest BCUT2D eigenvalue weighted by Gasteiger charge is -2.66. The number of nitrogens with one attached hydrogen (secondary N) is 1. The second-order valence-electron chi connectivity index (χ2n) is 12.2. The fraction of sp³-hybridized carbons (Fsp3) is 0.783. The molecule has 36 heavy (non-hydrogen) atoms. The van der Waals surface area contributed by atoms with Crippen molar-refractivity contribution in [2.24, 2.45) is 5.41 Å². The van der Waals surface area contributed by atoms with E-state index in [1.165, 1.54) is 4.90 Å². The first-order chi connectivity index (χ1) is 16.1. The lowest BCUT2D eigenvalue weighted by Crippen LogP contribution is -2.80. The van der Waals surface area contributed by atoms with Crippen LogP contribution in [-0.2, 0) is 0 Å². The third-order valence-electron chi connectivity index (χ3n) is 6.34. The highest BCUT2D eigenvalue weighted by molar-refractivity contribution is 6.24. The van der Waals surface area contributed by atoms with Gasteiger partial charge in [-0.1, -0.05) is 32.4 Å². The number of halogens is 2. The Morgan fingerprint density at radius 2 is 1.42 bits per heavy atom. The first-order valence-electron chi connectivity index (χ1n) is 11.8. The zero-order chi connectivity index (χ0) is 28.2. The first kappa shape index (κ1) is 29.8. The van der Waals surface area contributed by atoms with Crippen LogP contribution in [0, 0.1) is 5.41 Å². The van der Waals surface area contributed by atoms with E-state index < -0.39 is 56.9 Å². The maximum Gasteiger partial charge on any atom is 0.436 e. The van der Waals surface area contributed by atoms with Crippen molar-refractivity contribution in [3.8, 4) is 0 Å². The maximum atomic E-state index is 16.8. The third kappa shape index (κ3) is 5.02. The van der Waals surface area contributed by atoms with E-state index in [1.807, 2.05) is 20.8 Å². The van der Waals surface area contributed by atoms with Gasteiger partial charge in [0.15, 0.2) is 17.1 Å². The fourth-order valence-corrected chi connectivity index (χ4v) is 5.39. The molecule has 1 aliphatic carbocycles. The normalized spacial score (nSPS) is 24.3. The predicted molar refractivity (Wildman–Crippen MR) is 132 cm³/mol. The molecule has 1 fully saturated rings. The average molecular weight is 536 g/mol. The molecule has 0 aromatic heterocycles. The van der Waals surface area contributed by atoms with Crippen LogP contribution >= 0.6 is 11.6 Å². The van der Waals surface area contributed by atoms with Gasteiger partial charge >= 0.3 is 18.3 Å². The Morgan fingerprint density at radius 3 is 1.69 bits per heavy atom. The molecule has 2 rings (SSSR count). The van der Waals surface area contributed by atoms with Crippen molar-refractivity contribution in [2.75, 3.05) is 0 Å². The van der Waals surface area contributed by atoms with Crippen LogP contribution in [-0.4, -0.2) is 81.8 Å². The van der Waals surface area contributed by atoms with Gasteiger partial charge in [0.1, 0.15) is 5.82 Å². The SMILES string of the molecule is CC(C)(C)N1C(NC2CCC2)=C(F)C(N(C(=O)O)N(C(=O)O)C(=O)O)N(C(C)(C)C)C1(Cl)C(C)(C)C. The van der Waals surface area contributed by atoms with E-state index in [0.29, 0.717) is 0 Å². The zero-order valence-electron chi connectivity index (χ0n) is 22.4. The number of imide groups is 1. The summed E-state index contributed by atoms with van der Waals surface area (Å²) in [5, 5.41) is 30.4. The predicted octanol–water partition coefficient (Wildman–Crippen LogP) is 5.30. The highest BCUT2D eigenvalue weighted by Gasteiger charge is 2.65. The number of rotatable bonds is 3. The number of carbonyl (C=O) groups is 3. The lowest BCUT2D eigenvalue weighted by molar-refractivity contribution is -0.199. The number of carboxylic acid groups (broad SMARTS) is 3. The molecular formula is C23H39ClFN5O6. The number of hydrogen-bond acceptors (Lipinski definition) is 6. The molecule has 0 aromatic rings. The van der Waals surface area contributed by atoms with Gasteiger partial charge in [-0.2, -0.15) is 5.01 Å². The van der Waals surface area contributed by atoms with Gasteiger partial charge in [-0.05, 0) is 60.8 Å². The zero-order valence-corrected chi connectivity index (χ0v) is 23.1. The van der Waals surface area contributed by atoms with Crippen molar-refractivity contribution in [1.29, 1.82) is 0 Å². The van der Waals surface area contributed by atoms with Gasteiger partial charge in [0, 0.05) is 22.5 Å². The Bertz CT molecular complexity index is 923. The first-order valence-corrected chi connectivity index (χ1v) is 12.2. The maximum absolute atomic E-state index is 16.8. The van der Waals surface area contributed by atoms with Crippen molar-refractivity contribution in [1.82, 2.24) is 25.1 Å². The van der Waals surface area contributed by atoms with E-state index in [1.54, 1.807) is 46.4 Å². The van der Waals surface area contributed by atoms with E-state index in [9.17, 15) is 29.7 Å². The topological polar surface area (TPSA) is 137 Å². The number of nitrogens with zero attached hydrogens (tertiary/aromatic N) is 4. The second kappa shape index (κ2) is 9.44. The summed E-state index contributed by atoms with van der Waals surface area (Å²) in [7, 11) is 0. The molecule has 11 nitrogen and oxygen atoms in total. The van der Waals surface area contributed by atoms with E-state index in [2.05, 4.69) is 5.32 Å².